The van der Waals surface area contributed by atoms with Gasteiger partial charge in [0.1, 0.15) is 11.6 Å². The smallest absolute Gasteiger partial charge is 0.324 e. The number of carbonyl (C=O) groups is 1. The van der Waals surface area contributed by atoms with E-state index < -0.39 is 5.60 Å². The molecule has 3 rings (SSSR count). The van der Waals surface area contributed by atoms with Crippen LogP contribution >= 0.6 is 0 Å². The summed E-state index contributed by atoms with van der Waals surface area (Å²) >= 11 is 0. The molecular weight excluding hydrogens is 312 g/mol. The molecule has 2 aliphatic rings. The Morgan fingerprint density at radius 3 is 2.80 bits per heavy atom. The van der Waals surface area contributed by atoms with Crippen molar-refractivity contribution in [2.75, 3.05) is 19.6 Å². The van der Waals surface area contributed by atoms with Gasteiger partial charge in [-0.15, -0.1) is 0 Å². The highest BCUT2D eigenvalue weighted by Crippen LogP contribution is 2.24. The minimum atomic E-state index is -0.451. The van der Waals surface area contributed by atoms with Crippen LogP contribution in [0.3, 0.4) is 0 Å². The Labute approximate surface area is 151 Å². The Bertz CT molecular complexity index is 621. The molecule has 1 saturated heterocycles. The van der Waals surface area contributed by atoms with Gasteiger partial charge in [-0.2, -0.15) is 0 Å². The summed E-state index contributed by atoms with van der Waals surface area (Å²) in [7, 11) is 0. The highest BCUT2D eigenvalue weighted by Gasteiger charge is 2.33. The summed E-state index contributed by atoms with van der Waals surface area (Å²) in [6.07, 6.45) is 4.35. The second-order valence-corrected chi connectivity index (χ2v) is 8.56. The number of ether oxygens (including phenoxy) is 1. The Hall–Kier alpha value is -1.39. The first-order chi connectivity index (χ1) is 11.8. The summed E-state index contributed by atoms with van der Waals surface area (Å²) in [6, 6.07) is 6.96. The standard InChI is InChI=1S/C21H32N2O2/c1-15-14-23(11-10-22-15)19(20(24)25-21(2,3)4)13-16-8-9-17-6-5-7-18(17)12-16/h8-9,12,15,19,22H,5-7,10-11,13-14H2,1-4H3/t15-,19?/m0/s1. The van der Waals surface area contributed by atoms with Crippen LogP contribution in [0, 0.1) is 0 Å². The van der Waals surface area contributed by atoms with E-state index in [0.29, 0.717) is 6.04 Å². The molecule has 138 valence electrons. The zero-order chi connectivity index (χ0) is 18.0. The van der Waals surface area contributed by atoms with Crippen LogP contribution in [-0.2, 0) is 28.8 Å². The van der Waals surface area contributed by atoms with E-state index in [1.807, 2.05) is 20.8 Å². The largest absolute Gasteiger partial charge is 0.459 e. The summed E-state index contributed by atoms with van der Waals surface area (Å²) in [5, 5.41) is 3.46. The van der Waals surface area contributed by atoms with E-state index in [1.54, 1.807) is 0 Å². The van der Waals surface area contributed by atoms with E-state index in [1.165, 1.54) is 36.0 Å². The van der Waals surface area contributed by atoms with E-state index in [4.69, 9.17) is 4.74 Å². The van der Waals surface area contributed by atoms with Crippen molar-refractivity contribution in [3.05, 3.63) is 34.9 Å². The Kier molecular flexibility index (Phi) is 5.49. The Morgan fingerprint density at radius 1 is 1.32 bits per heavy atom. The van der Waals surface area contributed by atoms with E-state index in [-0.39, 0.29) is 12.0 Å². The van der Waals surface area contributed by atoms with Crippen molar-refractivity contribution >= 4 is 5.97 Å². The van der Waals surface area contributed by atoms with Crippen molar-refractivity contribution < 1.29 is 9.53 Å². The molecule has 2 atom stereocenters. The lowest BCUT2D eigenvalue weighted by Crippen LogP contribution is -2.56. The van der Waals surface area contributed by atoms with E-state index in [9.17, 15) is 4.79 Å². The van der Waals surface area contributed by atoms with E-state index >= 15 is 0 Å². The van der Waals surface area contributed by atoms with Crippen molar-refractivity contribution in [3.63, 3.8) is 0 Å². The van der Waals surface area contributed by atoms with Crippen molar-refractivity contribution in [2.24, 2.45) is 0 Å². The van der Waals surface area contributed by atoms with Crippen LogP contribution in [0.15, 0.2) is 18.2 Å². The lowest BCUT2D eigenvalue weighted by molar-refractivity contribution is -0.162. The van der Waals surface area contributed by atoms with Gasteiger partial charge in [-0.3, -0.25) is 9.69 Å². The van der Waals surface area contributed by atoms with Gasteiger partial charge in [0.15, 0.2) is 0 Å². The molecule has 0 aromatic heterocycles. The first kappa shape index (κ1) is 18.4. The van der Waals surface area contributed by atoms with Gasteiger partial charge in [0, 0.05) is 25.7 Å². The maximum absolute atomic E-state index is 12.9. The second-order valence-electron chi connectivity index (χ2n) is 8.56. The molecule has 1 aromatic carbocycles. The van der Waals surface area contributed by atoms with Gasteiger partial charge in [0.2, 0.25) is 0 Å². The van der Waals surface area contributed by atoms with Crippen LogP contribution in [0.4, 0.5) is 0 Å². The van der Waals surface area contributed by atoms with Crippen molar-refractivity contribution in [3.8, 4) is 0 Å². The minimum absolute atomic E-state index is 0.0953. The molecule has 0 bridgehead atoms. The fourth-order valence-electron chi connectivity index (χ4n) is 3.95. The Morgan fingerprint density at radius 2 is 2.08 bits per heavy atom. The van der Waals surface area contributed by atoms with Gasteiger partial charge in [-0.25, -0.2) is 0 Å². The third-order valence-corrected chi connectivity index (χ3v) is 5.11. The van der Waals surface area contributed by atoms with Gasteiger partial charge in [0.25, 0.3) is 0 Å². The highest BCUT2D eigenvalue weighted by molar-refractivity contribution is 5.76. The summed E-state index contributed by atoms with van der Waals surface area (Å²) in [5.74, 6) is -0.0953. The second kappa shape index (κ2) is 7.46. The molecule has 25 heavy (non-hydrogen) atoms. The number of hydrogen-bond acceptors (Lipinski definition) is 4. The molecule has 1 heterocycles. The molecular formula is C21H32N2O2. The number of rotatable bonds is 4. The average molecular weight is 344 g/mol. The van der Waals surface area contributed by atoms with Gasteiger partial charge in [-0.1, -0.05) is 18.2 Å². The molecule has 1 fully saturated rings. The van der Waals surface area contributed by atoms with Gasteiger partial charge < -0.3 is 10.1 Å². The number of piperazine rings is 1. The van der Waals surface area contributed by atoms with Gasteiger partial charge >= 0.3 is 5.97 Å². The van der Waals surface area contributed by atoms with E-state index in [0.717, 1.165) is 26.1 Å². The lowest BCUT2D eigenvalue weighted by atomic mass is 9.99. The summed E-state index contributed by atoms with van der Waals surface area (Å²) in [5.41, 5.74) is 3.75. The third-order valence-electron chi connectivity index (χ3n) is 5.11. The maximum Gasteiger partial charge on any atom is 0.324 e. The fourth-order valence-corrected chi connectivity index (χ4v) is 3.95. The molecule has 4 heteroatoms. The van der Waals surface area contributed by atoms with Gasteiger partial charge in [0.05, 0.1) is 0 Å². The number of carbonyl (C=O) groups excluding carboxylic acids is 1. The van der Waals surface area contributed by atoms with Crippen LogP contribution < -0.4 is 5.32 Å². The normalized spacial score (nSPS) is 22.5. The van der Waals surface area contributed by atoms with Crippen LogP contribution in [0.1, 0.15) is 50.8 Å². The lowest BCUT2D eigenvalue weighted by Gasteiger charge is -2.37. The number of hydrogen-bond donors (Lipinski definition) is 1. The molecule has 1 unspecified atom stereocenters. The van der Waals surface area contributed by atoms with Crippen LogP contribution in [0.5, 0.6) is 0 Å². The van der Waals surface area contributed by atoms with Crippen LogP contribution in [0.2, 0.25) is 0 Å². The minimum Gasteiger partial charge on any atom is -0.459 e. The molecule has 1 aromatic rings. The number of benzene rings is 1. The number of nitrogens with one attached hydrogen (secondary N) is 1. The zero-order valence-corrected chi connectivity index (χ0v) is 16.1. The Balaban J connectivity index is 1.79. The molecule has 0 spiro atoms. The summed E-state index contributed by atoms with van der Waals surface area (Å²) in [4.78, 5) is 15.2. The fraction of sp³-hybridized carbons (Fsp3) is 0.667. The first-order valence-corrected chi connectivity index (χ1v) is 9.63. The average Bonchev–Trinajstić information content (AvgIpc) is 2.98. The molecule has 1 aliphatic carbocycles. The maximum atomic E-state index is 12.9. The quantitative estimate of drug-likeness (QED) is 0.853. The number of esters is 1. The van der Waals surface area contributed by atoms with Crippen molar-refractivity contribution in [2.45, 2.75) is 71.1 Å². The molecule has 0 radical (unpaired) electrons. The molecule has 1 N–H and O–H groups in total. The van der Waals surface area contributed by atoms with Crippen molar-refractivity contribution in [1.82, 2.24) is 10.2 Å². The predicted molar refractivity (Wildman–Crippen MR) is 101 cm³/mol. The molecule has 0 saturated carbocycles. The summed E-state index contributed by atoms with van der Waals surface area (Å²) in [6.45, 7) is 10.7. The number of fused-ring (bicyclic) bond motifs is 1. The highest BCUT2D eigenvalue weighted by atomic mass is 16.6. The number of aryl methyl sites for hydroxylation is 2. The summed E-state index contributed by atoms with van der Waals surface area (Å²) < 4.78 is 5.75. The molecule has 0 amide bonds. The molecule has 1 aliphatic heterocycles. The van der Waals surface area contributed by atoms with Crippen LogP contribution in [0.25, 0.3) is 0 Å². The predicted octanol–water partition coefficient (Wildman–Crippen LogP) is 2.72. The first-order valence-electron chi connectivity index (χ1n) is 9.63. The third kappa shape index (κ3) is 4.83. The SMILES string of the molecule is C[C@H]1CN(C(Cc2ccc3c(c2)CCC3)C(=O)OC(C)(C)C)CCN1. The van der Waals surface area contributed by atoms with Crippen molar-refractivity contribution in [1.29, 1.82) is 0 Å². The molecule has 4 nitrogen and oxygen atoms in total. The zero-order valence-electron chi connectivity index (χ0n) is 16.1. The van der Waals surface area contributed by atoms with E-state index in [2.05, 4.69) is 35.3 Å². The monoisotopic (exact) mass is 344 g/mol. The number of nitrogens with zero attached hydrogens (tertiary/aromatic N) is 1. The van der Waals surface area contributed by atoms with Crippen LogP contribution in [-0.4, -0.2) is 48.2 Å². The van der Waals surface area contributed by atoms with Gasteiger partial charge in [-0.05, 0) is 70.1 Å². The topological polar surface area (TPSA) is 41.6 Å².